The van der Waals surface area contributed by atoms with Crippen LogP contribution in [0.15, 0.2) is 34.0 Å². The molecule has 0 unspecified atom stereocenters. The SMILES string of the molecule is COc1ccc(C(=O)Nc2c(C)cnc3c2c(=O)n(C)c(=O)n3C)cc1OC. The molecule has 9 nitrogen and oxygen atoms in total. The second kappa shape index (κ2) is 7.18. The molecule has 1 aromatic carbocycles. The highest BCUT2D eigenvalue weighted by molar-refractivity contribution is 6.09. The van der Waals surface area contributed by atoms with Crippen LogP contribution in [-0.2, 0) is 14.1 Å². The van der Waals surface area contributed by atoms with E-state index >= 15 is 0 Å². The van der Waals surface area contributed by atoms with E-state index in [0.29, 0.717) is 28.3 Å². The third kappa shape index (κ3) is 3.00. The van der Waals surface area contributed by atoms with Crippen LogP contribution < -0.4 is 26.0 Å². The van der Waals surface area contributed by atoms with Crippen LogP contribution in [0.1, 0.15) is 15.9 Å². The van der Waals surface area contributed by atoms with Gasteiger partial charge in [0.1, 0.15) is 5.39 Å². The molecule has 0 atom stereocenters. The molecule has 2 aromatic heterocycles. The van der Waals surface area contributed by atoms with Crippen LogP contribution in [0.2, 0.25) is 0 Å². The average Bonchev–Trinajstić information content (AvgIpc) is 2.71. The zero-order valence-corrected chi connectivity index (χ0v) is 16.2. The van der Waals surface area contributed by atoms with Gasteiger partial charge in [0.25, 0.3) is 11.5 Å². The number of aryl methyl sites for hydroxylation is 2. The highest BCUT2D eigenvalue weighted by atomic mass is 16.5. The van der Waals surface area contributed by atoms with Gasteiger partial charge in [0.15, 0.2) is 17.1 Å². The van der Waals surface area contributed by atoms with Gasteiger partial charge in [0, 0.05) is 25.9 Å². The lowest BCUT2D eigenvalue weighted by Crippen LogP contribution is -2.37. The number of carbonyl (C=O) groups is 1. The average molecular weight is 384 g/mol. The fourth-order valence-electron chi connectivity index (χ4n) is 2.95. The summed E-state index contributed by atoms with van der Waals surface area (Å²) in [6.07, 6.45) is 1.51. The van der Waals surface area contributed by atoms with E-state index in [1.165, 1.54) is 39.1 Å². The van der Waals surface area contributed by atoms with E-state index in [1.54, 1.807) is 25.1 Å². The van der Waals surface area contributed by atoms with Crippen molar-refractivity contribution in [2.45, 2.75) is 6.92 Å². The minimum Gasteiger partial charge on any atom is -0.493 e. The summed E-state index contributed by atoms with van der Waals surface area (Å²) in [7, 11) is 5.88. The third-order valence-electron chi connectivity index (χ3n) is 4.54. The normalized spacial score (nSPS) is 10.8. The maximum Gasteiger partial charge on any atom is 0.332 e. The molecule has 0 spiro atoms. The van der Waals surface area contributed by atoms with Gasteiger partial charge >= 0.3 is 5.69 Å². The van der Waals surface area contributed by atoms with E-state index in [4.69, 9.17) is 9.47 Å². The van der Waals surface area contributed by atoms with Gasteiger partial charge in [-0.15, -0.1) is 0 Å². The molecule has 0 aliphatic heterocycles. The van der Waals surface area contributed by atoms with Crippen LogP contribution in [-0.4, -0.2) is 34.2 Å². The monoisotopic (exact) mass is 384 g/mol. The Bertz CT molecular complexity index is 1210. The topological polar surface area (TPSA) is 104 Å². The molecule has 0 saturated carbocycles. The van der Waals surface area contributed by atoms with Crippen molar-refractivity contribution in [3.8, 4) is 11.5 Å². The standard InChI is InChI=1S/C19H20N4O5/c1-10-9-20-16-14(18(25)23(3)19(26)22(16)2)15(10)21-17(24)11-6-7-12(27-4)13(8-11)28-5/h6-9H,1-5H3,(H,20,21,24). The summed E-state index contributed by atoms with van der Waals surface area (Å²) < 4.78 is 12.7. The number of fused-ring (bicyclic) bond motifs is 1. The molecule has 1 amide bonds. The van der Waals surface area contributed by atoms with Crippen molar-refractivity contribution in [2.24, 2.45) is 14.1 Å². The van der Waals surface area contributed by atoms with Crippen molar-refractivity contribution in [3.63, 3.8) is 0 Å². The van der Waals surface area contributed by atoms with E-state index < -0.39 is 17.2 Å². The second-order valence-corrected chi connectivity index (χ2v) is 6.24. The summed E-state index contributed by atoms with van der Waals surface area (Å²) in [5.74, 6) is 0.464. The summed E-state index contributed by atoms with van der Waals surface area (Å²) in [6.45, 7) is 1.72. The largest absolute Gasteiger partial charge is 0.493 e. The Labute approximate surface area is 160 Å². The fraction of sp³-hybridized carbons (Fsp3) is 0.263. The van der Waals surface area contributed by atoms with E-state index in [-0.39, 0.29) is 11.0 Å². The predicted octanol–water partition coefficient (Wildman–Crippen LogP) is 1.21. The molecule has 3 rings (SSSR count). The van der Waals surface area contributed by atoms with Gasteiger partial charge in [0.05, 0.1) is 19.9 Å². The Morgan fingerprint density at radius 3 is 2.39 bits per heavy atom. The minimum absolute atomic E-state index is 0.165. The molecule has 146 valence electrons. The van der Waals surface area contributed by atoms with Crippen LogP contribution in [0.5, 0.6) is 11.5 Å². The summed E-state index contributed by atoms with van der Waals surface area (Å²) in [6, 6.07) is 4.75. The van der Waals surface area contributed by atoms with Gasteiger partial charge in [0.2, 0.25) is 0 Å². The van der Waals surface area contributed by atoms with Crippen LogP contribution in [0.3, 0.4) is 0 Å². The van der Waals surface area contributed by atoms with E-state index in [9.17, 15) is 14.4 Å². The third-order valence-corrected chi connectivity index (χ3v) is 4.54. The zero-order chi connectivity index (χ0) is 20.6. The number of hydrogen-bond acceptors (Lipinski definition) is 6. The molecule has 0 aliphatic rings. The fourth-order valence-corrected chi connectivity index (χ4v) is 2.95. The summed E-state index contributed by atoms with van der Waals surface area (Å²) in [5, 5.41) is 2.93. The van der Waals surface area contributed by atoms with Crippen LogP contribution >= 0.6 is 0 Å². The number of pyridine rings is 1. The van der Waals surface area contributed by atoms with Crippen molar-refractivity contribution in [1.82, 2.24) is 14.1 Å². The number of ether oxygens (including phenoxy) is 2. The molecular formula is C19H20N4O5. The lowest BCUT2D eigenvalue weighted by molar-refractivity contribution is 0.102. The number of methoxy groups -OCH3 is 2. The quantitative estimate of drug-likeness (QED) is 0.725. The number of carbonyl (C=O) groups excluding carboxylic acids is 1. The highest BCUT2D eigenvalue weighted by Crippen LogP contribution is 2.28. The van der Waals surface area contributed by atoms with Gasteiger partial charge in [-0.2, -0.15) is 0 Å². The Morgan fingerprint density at radius 1 is 1.07 bits per heavy atom. The first-order valence-corrected chi connectivity index (χ1v) is 8.38. The van der Waals surface area contributed by atoms with Gasteiger partial charge in [-0.05, 0) is 30.7 Å². The van der Waals surface area contributed by atoms with Gasteiger partial charge in [-0.3, -0.25) is 18.7 Å². The Kier molecular flexibility index (Phi) is 4.91. The van der Waals surface area contributed by atoms with Crippen molar-refractivity contribution < 1.29 is 14.3 Å². The molecule has 0 fully saturated rings. The van der Waals surface area contributed by atoms with E-state index in [0.717, 1.165) is 4.57 Å². The first kappa shape index (κ1) is 19.2. The van der Waals surface area contributed by atoms with Crippen molar-refractivity contribution in [1.29, 1.82) is 0 Å². The van der Waals surface area contributed by atoms with E-state index in [2.05, 4.69) is 10.3 Å². The number of rotatable bonds is 4. The number of anilines is 1. The molecule has 28 heavy (non-hydrogen) atoms. The molecule has 0 radical (unpaired) electrons. The minimum atomic E-state index is -0.531. The smallest absolute Gasteiger partial charge is 0.332 e. The van der Waals surface area contributed by atoms with Crippen molar-refractivity contribution in [3.05, 3.63) is 56.4 Å². The first-order valence-electron chi connectivity index (χ1n) is 8.38. The molecule has 3 aromatic rings. The number of amides is 1. The molecule has 0 saturated heterocycles. The number of nitrogens with zero attached hydrogens (tertiary/aromatic N) is 3. The molecule has 1 N–H and O–H groups in total. The van der Waals surface area contributed by atoms with Gasteiger partial charge < -0.3 is 14.8 Å². The Balaban J connectivity index is 2.15. The lowest BCUT2D eigenvalue weighted by Gasteiger charge is -2.14. The Hall–Kier alpha value is -3.62. The van der Waals surface area contributed by atoms with Crippen molar-refractivity contribution >= 4 is 22.6 Å². The lowest BCUT2D eigenvalue weighted by atomic mass is 10.1. The molecule has 2 heterocycles. The highest BCUT2D eigenvalue weighted by Gasteiger charge is 2.18. The zero-order valence-electron chi connectivity index (χ0n) is 16.2. The van der Waals surface area contributed by atoms with Gasteiger partial charge in [-0.25, -0.2) is 9.78 Å². The van der Waals surface area contributed by atoms with Crippen LogP contribution in [0, 0.1) is 6.92 Å². The van der Waals surface area contributed by atoms with Crippen LogP contribution in [0.25, 0.3) is 11.0 Å². The molecular weight excluding hydrogens is 364 g/mol. The summed E-state index contributed by atoms with van der Waals surface area (Å²) in [4.78, 5) is 41.9. The Morgan fingerprint density at radius 2 is 1.75 bits per heavy atom. The summed E-state index contributed by atoms with van der Waals surface area (Å²) >= 11 is 0. The maximum absolute atomic E-state index is 12.8. The maximum atomic E-state index is 12.8. The number of aromatic nitrogens is 3. The van der Waals surface area contributed by atoms with Gasteiger partial charge in [-0.1, -0.05) is 0 Å². The summed E-state index contributed by atoms with van der Waals surface area (Å²) in [5.41, 5.74) is 0.394. The predicted molar refractivity (Wildman–Crippen MR) is 104 cm³/mol. The number of benzene rings is 1. The first-order chi connectivity index (χ1) is 13.3. The molecule has 9 heteroatoms. The molecule has 0 aliphatic carbocycles. The van der Waals surface area contributed by atoms with Crippen molar-refractivity contribution in [2.75, 3.05) is 19.5 Å². The van der Waals surface area contributed by atoms with Crippen LogP contribution in [0.4, 0.5) is 5.69 Å². The number of hydrogen-bond donors (Lipinski definition) is 1. The number of nitrogens with one attached hydrogen (secondary N) is 1. The second-order valence-electron chi connectivity index (χ2n) is 6.24. The van der Waals surface area contributed by atoms with E-state index in [1.807, 2.05) is 0 Å². The molecule has 0 bridgehead atoms.